The Morgan fingerprint density at radius 2 is 1.92 bits per heavy atom. The molecule has 0 aliphatic heterocycles. The monoisotopic (exact) mass is 227 g/mol. The van der Waals surface area contributed by atoms with Crippen molar-refractivity contribution in [2.24, 2.45) is 0 Å². The van der Waals surface area contributed by atoms with Crippen LogP contribution in [-0.2, 0) is 6.42 Å². The molecule has 1 N–H and O–H groups in total. The molecular formula is C10H14BrN. The van der Waals surface area contributed by atoms with Crippen LogP contribution in [-0.4, -0.2) is 13.6 Å². The van der Waals surface area contributed by atoms with Gasteiger partial charge in [0.2, 0.25) is 0 Å². The Morgan fingerprint density at radius 3 is 2.50 bits per heavy atom. The highest BCUT2D eigenvalue weighted by molar-refractivity contribution is 9.10. The molecule has 0 aromatic heterocycles. The van der Waals surface area contributed by atoms with Crippen molar-refractivity contribution in [3.63, 3.8) is 0 Å². The van der Waals surface area contributed by atoms with E-state index in [2.05, 4.69) is 45.5 Å². The Labute approximate surface area is 82.3 Å². The van der Waals surface area contributed by atoms with Crippen LogP contribution in [0.4, 0.5) is 0 Å². The predicted molar refractivity (Wildman–Crippen MR) is 56.4 cm³/mol. The van der Waals surface area contributed by atoms with E-state index >= 15 is 0 Å². The van der Waals surface area contributed by atoms with E-state index in [4.69, 9.17) is 0 Å². The second kappa shape index (κ2) is 5.33. The summed E-state index contributed by atoms with van der Waals surface area (Å²) in [6.07, 6.45) is 2.37. The number of hydrogen-bond donors (Lipinski definition) is 1. The maximum absolute atomic E-state index is 3.41. The molecule has 0 saturated heterocycles. The van der Waals surface area contributed by atoms with Crippen molar-refractivity contribution < 1.29 is 0 Å². The van der Waals surface area contributed by atoms with Gasteiger partial charge >= 0.3 is 0 Å². The molecule has 12 heavy (non-hydrogen) atoms. The first-order valence-electron chi connectivity index (χ1n) is 4.22. The lowest BCUT2D eigenvalue weighted by molar-refractivity contribution is 0.725. The molecule has 0 heterocycles. The number of nitrogens with one attached hydrogen (secondary N) is 1. The SMILES string of the molecule is CNCCCc1ccc(Br)cc1. The molecule has 0 unspecified atom stereocenters. The molecule has 0 spiro atoms. The maximum atomic E-state index is 3.41. The van der Waals surface area contributed by atoms with Gasteiger partial charge in [-0.1, -0.05) is 28.1 Å². The van der Waals surface area contributed by atoms with Gasteiger partial charge in [-0.05, 0) is 44.1 Å². The Bertz CT molecular complexity index is 218. The highest BCUT2D eigenvalue weighted by Crippen LogP contribution is 2.11. The molecule has 0 radical (unpaired) electrons. The number of hydrogen-bond acceptors (Lipinski definition) is 1. The lowest BCUT2D eigenvalue weighted by Crippen LogP contribution is -2.08. The van der Waals surface area contributed by atoms with Crippen LogP contribution in [0.2, 0.25) is 0 Å². The summed E-state index contributed by atoms with van der Waals surface area (Å²) in [5.74, 6) is 0. The zero-order chi connectivity index (χ0) is 8.81. The fourth-order valence-corrected chi connectivity index (χ4v) is 1.38. The minimum atomic E-state index is 1.09. The third-order valence-electron chi connectivity index (χ3n) is 1.81. The highest BCUT2D eigenvalue weighted by Gasteiger charge is 1.91. The molecule has 0 amide bonds. The van der Waals surface area contributed by atoms with Crippen LogP contribution in [0.25, 0.3) is 0 Å². The molecular weight excluding hydrogens is 214 g/mol. The van der Waals surface area contributed by atoms with Crippen LogP contribution >= 0.6 is 15.9 Å². The molecule has 2 heteroatoms. The molecule has 1 aromatic carbocycles. The molecule has 1 rings (SSSR count). The van der Waals surface area contributed by atoms with Gasteiger partial charge in [-0.2, -0.15) is 0 Å². The van der Waals surface area contributed by atoms with Crippen molar-refractivity contribution in [3.8, 4) is 0 Å². The van der Waals surface area contributed by atoms with Crippen LogP contribution in [0.1, 0.15) is 12.0 Å². The number of halogens is 1. The van der Waals surface area contributed by atoms with Gasteiger partial charge < -0.3 is 5.32 Å². The summed E-state index contributed by atoms with van der Waals surface area (Å²) < 4.78 is 1.15. The Balaban J connectivity index is 2.37. The smallest absolute Gasteiger partial charge is 0.0175 e. The molecule has 0 aliphatic carbocycles. The van der Waals surface area contributed by atoms with E-state index in [0.717, 1.165) is 17.4 Å². The number of aryl methyl sites for hydroxylation is 1. The van der Waals surface area contributed by atoms with E-state index < -0.39 is 0 Å². The molecule has 66 valence electrons. The topological polar surface area (TPSA) is 12.0 Å². The fourth-order valence-electron chi connectivity index (χ4n) is 1.12. The van der Waals surface area contributed by atoms with Crippen LogP contribution in [0.3, 0.4) is 0 Å². The van der Waals surface area contributed by atoms with Gasteiger partial charge in [0.25, 0.3) is 0 Å². The molecule has 1 nitrogen and oxygen atoms in total. The molecule has 0 atom stereocenters. The molecule has 1 aromatic rings. The highest BCUT2D eigenvalue weighted by atomic mass is 79.9. The van der Waals surface area contributed by atoms with Crippen LogP contribution < -0.4 is 5.32 Å². The van der Waals surface area contributed by atoms with Crippen molar-refractivity contribution in [3.05, 3.63) is 34.3 Å². The van der Waals surface area contributed by atoms with E-state index in [1.807, 2.05) is 7.05 Å². The van der Waals surface area contributed by atoms with E-state index in [1.54, 1.807) is 0 Å². The standard InChI is InChI=1S/C10H14BrN/c1-12-8-2-3-9-4-6-10(11)7-5-9/h4-7,12H,2-3,8H2,1H3. The van der Waals surface area contributed by atoms with E-state index in [9.17, 15) is 0 Å². The Kier molecular flexibility index (Phi) is 4.33. The predicted octanol–water partition coefficient (Wildman–Crippen LogP) is 2.60. The van der Waals surface area contributed by atoms with Gasteiger partial charge in [0.15, 0.2) is 0 Å². The lowest BCUT2D eigenvalue weighted by Gasteiger charge is -2.00. The van der Waals surface area contributed by atoms with Gasteiger partial charge in [-0.3, -0.25) is 0 Å². The Hall–Kier alpha value is -0.340. The Morgan fingerprint density at radius 1 is 1.25 bits per heavy atom. The summed E-state index contributed by atoms with van der Waals surface area (Å²) in [6.45, 7) is 1.09. The lowest BCUT2D eigenvalue weighted by atomic mass is 10.1. The minimum Gasteiger partial charge on any atom is -0.320 e. The summed E-state index contributed by atoms with van der Waals surface area (Å²) in [7, 11) is 1.99. The second-order valence-electron chi connectivity index (χ2n) is 2.83. The van der Waals surface area contributed by atoms with Crippen molar-refractivity contribution in [2.45, 2.75) is 12.8 Å². The first-order chi connectivity index (χ1) is 5.83. The number of benzene rings is 1. The minimum absolute atomic E-state index is 1.09. The van der Waals surface area contributed by atoms with Crippen LogP contribution in [0.5, 0.6) is 0 Å². The van der Waals surface area contributed by atoms with E-state index in [1.165, 1.54) is 12.0 Å². The van der Waals surface area contributed by atoms with Gasteiger partial charge in [-0.15, -0.1) is 0 Å². The van der Waals surface area contributed by atoms with Crippen molar-refractivity contribution in [2.75, 3.05) is 13.6 Å². The van der Waals surface area contributed by atoms with Crippen LogP contribution in [0.15, 0.2) is 28.7 Å². The molecule has 0 aliphatic rings. The normalized spacial score (nSPS) is 10.2. The first kappa shape index (κ1) is 9.75. The van der Waals surface area contributed by atoms with E-state index in [0.29, 0.717) is 0 Å². The van der Waals surface area contributed by atoms with Gasteiger partial charge in [0.1, 0.15) is 0 Å². The zero-order valence-electron chi connectivity index (χ0n) is 7.31. The molecule has 0 fully saturated rings. The zero-order valence-corrected chi connectivity index (χ0v) is 8.89. The number of rotatable bonds is 4. The third kappa shape index (κ3) is 3.37. The summed E-state index contributed by atoms with van der Waals surface area (Å²) in [4.78, 5) is 0. The third-order valence-corrected chi connectivity index (χ3v) is 2.33. The van der Waals surface area contributed by atoms with Gasteiger partial charge in [0.05, 0.1) is 0 Å². The molecule has 0 bridgehead atoms. The van der Waals surface area contributed by atoms with Crippen molar-refractivity contribution >= 4 is 15.9 Å². The summed E-state index contributed by atoms with van der Waals surface area (Å²) in [5.41, 5.74) is 1.41. The summed E-state index contributed by atoms with van der Waals surface area (Å²) in [6, 6.07) is 8.52. The quantitative estimate of drug-likeness (QED) is 0.781. The maximum Gasteiger partial charge on any atom is 0.0175 e. The summed E-state index contributed by atoms with van der Waals surface area (Å²) in [5, 5.41) is 3.14. The first-order valence-corrected chi connectivity index (χ1v) is 5.01. The largest absolute Gasteiger partial charge is 0.320 e. The summed E-state index contributed by atoms with van der Waals surface area (Å²) >= 11 is 3.41. The van der Waals surface area contributed by atoms with E-state index in [-0.39, 0.29) is 0 Å². The van der Waals surface area contributed by atoms with Crippen molar-refractivity contribution in [1.29, 1.82) is 0 Å². The second-order valence-corrected chi connectivity index (χ2v) is 3.75. The van der Waals surface area contributed by atoms with Gasteiger partial charge in [-0.25, -0.2) is 0 Å². The van der Waals surface area contributed by atoms with Crippen LogP contribution in [0, 0.1) is 0 Å². The fraction of sp³-hybridized carbons (Fsp3) is 0.400. The average molecular weight is 228 g/mol. The van der Waals surface area contributed by atoms with Gasteiger partial charge in [0, 0.05) is 4.47 Å². The van der Waals surface area contributed by atoms with Crippen molar-refractivity contribution in [1.82, 2.24) is 5.32 Å². The average Bonchev–Trinajstić information content (AvgIpc) is 2.09. The molecule has 0 saturated carbocycles.